The fourth-order valence-electron chi connectivity index (χ4n) is 1.83. The van der Waals surface area contributed by atoms with E-state index in [1.54, 1.807) is 0 Å². The zero-order chi connectivity index (χ0) is 9.19. The largest absolute Gasteiger partial charge is 0.389 e. The average molecular weight is 172 g/mol. The SMILES string of the molecule is CN1CCCC1CC(C)(O)CN. The Balaban J connectivity index is 2.39. The third kappa shape index (κ3) is 2.44. The summed E-state index contributed by atoms with van der Waals surface area (Å²) in [7, 11) is 2.12. The molecule has 2 atom stereocenters. The summed E-state index contributed by atoms with van der Waals surface area (Å²) in [5.74, 6) is 0. The first kappa shape index (κ1) is 9.96. The van der Waals surface area contributed by atoms with Gasteiger partial charge in [0.05, 0.1) is 5.60 Å². The van der Waals surface area contributed by atoms with Gasteiger partial charge in [-0.15, -0.1) is 0 Å². The topological polar surface area (TPSA) is 49.5 Å². The Labute approximate surface area is 74.5 Å². The van der Waals surface area contributed by atoms with Gasteiger partial charge in [0.25, 0.3) is 0 Å². The van der Waals surface area contributed by atoms with Crippen LogP contribution in [-0.4, -0.2) is 41.8 Å². The second-order valence-corrected chi connectivity index (χ2v) is 4.18. The van der Waals surface area contributed by atoms with E-state index in [9.17, 15) is 5.11 Å². The van der Waals surface area contributed by atoms with Gasteiger partial charge >= 0.3 is 0 Å². The fourth-order valence-corrected chi connectivity index (χ4v) is 1.83. The molecule has 1 fully saturated rings. The normalized spacial score (nSPS) is 30.5. The molecule has 0 amide bonds. The molecule has 3 N–H and O–H groups in total. The van der Waals surface area contributed by atoms with Crippen molar-refractivity contribution in [3.05, 3.63) is 0 Å². The predicted molar refractivity (Wildman–Crippen MR) is 49.9 cm³/mol. The van der Waals surface area contributed by atoms with Gasteiger partial charge in [-0.2, -0.15) is 0 Å². The summed E-state index contributed by atoms with van der Waals surface area (Å²) in [6, 6.07) is 0.531. The minimum atomic E-state index is -0.677. The standard InChI is InChI=1S/C9H20N2O/c1-9(12,7-10)6-8-4-3-5-11(8)2/h8,12H,3-7,10H2,1-2H3. The van der Waals surface area contributed by atoms with Gasteiger partial charge in [-0.1, -0.05) is 0 Å². The second-order valence-electron chi connectivity index (χ2n) is 4.18. The third-order valence-electron chi connectivity index (χ3n) is 2.79. The Hall–Kier alpha value is -0.120. The molecule has 1 saturated heterocycles. The molecule has 1 rings (SSSR count). The molecule has 0 aliphatic carbocycles. The number of hydrogen-bond acceptors (Lipinski definition) is 3. The molecule has 0 saturated carbocycles. The zero-order valence-corrected chi connectivity index (χ0v) is 8.08. The molecule has 1 aliphatic rings. The lowest BCUT2D eigenvalue weighted by molar-refractivity contribution is 0.0373. The van der Waals surface area contributed by atoms with Gasteiger partial charge < -0.3 is 15.7 Å². The highest BCUT2D eigenvalue weighted by molar-refractivity contribution is 4.85. The summed E-state index contributed by atoms with van der Waals surface area (Å²) in [4.78, 5) is 2.31. The molecule has 12 heavy (non-hydrogen) atoms. The number of rotatable bonds is 3. The van der Waals surface area contributed by atoms with Gasteiger partial charge in [0.15, 0.2) is 0 Å². The minimum Gasteiger partial charge on any atom is -0.389 e. The van der Waals surface area contributed by atoms with Crippen molar-refractivity contribution >= 4 is 0 Å². The highest BCUT2D eigenvalue weighted by atomic mass is 16.3. The van der Waals surface area contributed by atoms with Gasteiger partial charge in [0.2, 0.25) is 0 Å². The van der Waals surface area contributed by atoms with Gasteiger partial charge in [-0.25, -0.2) is 0 Å². The molecule has 72 valence electrons. The number of aliphatic hydroxyl groups is 1. The van der Waals surface area contributed by atoms with Crippen LogP contribution in [-0.2, 0) is 0 Å². The summed E-state index contributed by atoms with van der Waals surface area (Å²) in [6.07, 6.45) is 3.26. The van der Waals surface area contributed by atoms with E-state index in [0.29, 0.717) is 12.6 Å². The smallest absolute Gasteiger partial charge is 0.0756 e. The maximum Gasteiger partial charge on any atom is 0.0756 e. The predicted octanol–water partition coefficient (Wildman–Crippen LogP) is 0.180. The van der Waals surface area contributed by atoms with Crippen molar-refractivity contribution < 1.29 is 5.11 Å². The molecule has 1 aliphatic heterocycles. The van der Waals surface area contributed by atoms with Crippen molar-refractivity contribution in [2.75, 3.05) is 20.1 Å². The first-order valence-corrected chi connectivity index (χ1v) is 4.68. The summed E-state index contributed by atoms with van der Waals surface area (Å²) in [6.45, 7) is 3.34. The van der Waals surface area contributed by atoms with E-state index >= 15 is 0 Å². The van der Waals surface area contributed by atoms with Crippen LogP contribution in [0.4, 0.5) is 0 Å². The molecular formula is C9H20N2O. The highest BCUT2D eigenvalue weighted by Crippen LogP contribution is 2.23. The lowest BCUT2D eigenvalue weighted by Crippen LogP contribution is -2.41. The van der Waals surface area contributed by atoms with Gasteiger partial charge in [0, 0.05) is 12.6 Å². The van der Waals surface area contributed by atoms with Crippen LogP contribution in [0, 0.1) is 0 Å². The molecule has 1 heterocycles. The van der Waals surface area contributed by atoms with E-state index in [1.165, 1.54) is 12.8 Å². The zero-order valence-electron chi connectivity index (χ0n) is 8.08. The Morgan fingerprint density at radius 3 is 2.75 bits per heavy atom. The Morgan fingerprint density at radius 2 is 2.33 bits per heavy atom. The van der Waals surface area contributed by atoms with Crippen LogP contribution in [0.1, 0.15) is 26.2 Å². The Kier molecular flexibility index (Phi) is 3.09. The third-order valence-corrected chi connectivity index (χ3v) is 2.79. The van der Waals surface area contributed by atoms with Crippen LogP contribution in [0.5, 0.6) is 0 Å². The van der Waals surface area contributed by atoms with Crippen LogP contribution in [0.2, 0.25) is 0 Å². The molecule has 0 aromatic heterocycles. The number of nitrogens with zero attached hydrogens (tertiary/aromatic N) is 1. The Bertz CT molecular complexity index is 147. The van der Waals surface area contributed by atoms with E-state index < -0.39 is 5.60 Å². The average Bonchev–Trinajstić information content (AvgIpc) is 2.36. The highest BCUT2D eigenvalue weighted by Gasteiger charge is 2.28. The first-order chi connectivity index (χ1) is 5.55. The first-order valence-electron chi connectivity index (χ1n) is 4.68. The van der Waals surface area contributed by atoms with Crippen molar-refractivity contribution in [3.63, 3.8) is 0 Å². The molecule has 0 bridgehead atoms. The molecule has 2 unspecified atom stereocenters. The van der Waals surface area contributed by atoms with E-state index in [1.807, 2.05) is 6.92 Å². The van der Waals surface area contributed by atoms with E-state index in [0.717, 1.165) is 13.0 Å². The van der Waals surface area contributed by atoms with Crippen LogP contribution in [0.3, 0.4) is 0 Å². The summed E-state index contributed by atoms with van der Waals surface area (Å²) in [5, 5.41) is 9.75. The molecule has 0 spiro atoms. The van der Waals surface area contributed by atoms with Crippen molar-refractivity contribution in [1.29, 1.82) is 0 Å². The summed E-state index contributed by atoms with van der Waals surface area (Å²) >= 11 is 0. The van der Waals surface area contributed by atoms with Crippen LogP contribution in [0.15, 0.2) is 0 Å². The van der Waals surface area contributed by atoms with Crippen molar-refractivity contribution in [3.8, 4) is 0 Å². The molecule has 0 radical (unpaired) electrons. The molecule has 0 aromatic carbocycles. The van der Waals surface area contributed by atoms with Crippen molar-refractivity contribution in [2.24, 2.45) is 5.73 Å². The molecule has 3 nitrogen and oxygen atoms in total. The number of nitrogens with two attached hydrogens (primary N) is 1. The van der Waals surface area contributed by atoms with Crippen molar-refractivity contribution in [1.82, 2.24) is 4.90 Å². The minimum absolute atomic E-state index is 0.358. The number of likely N-dealkylation sites (tertiary alicyclic amines) is 1. The molecular weight excluding hydrogens is 152 g/mol. The Morgan fingerprint density at radius 1 is 1.67 bits per heavy atom. The van der Waals surface area contributed by atoms with E-state index in [-0.39, 0.29) is 0 Å². The molecule has 0 aromatic rings. The lowest BCUT2D eigenvalue weighted by atomic mass is 9.96. The summed E-state index contributed by atoms with van der Waals surface area (Å²) in [5.41, 5.74) is 4.78. The van der Waals surface area contributed by atoms with Gasteiger partial charge in [0.1, 0.15) is 0 Å². The van der Waals surface area contributed by atoms with Gasteiger partial charge in [-0.3, -0.25) is 0 Å². The monoisotopic (exact) mass is 172 g/mol. The quantitative estimate of drug-likeness (QED) is 0.638. The lowest BCUT2D eigenvalue weighted by Gasteiger charge is -2.28. The second kappa shape index (κ2) is 3.73. The van der Waals surface area contributed by atoms with E-state index in [4.69, 9.17) is 5.73 Å². The molecule has 3 heteroatoms. The van der Waals surface area contributed by atoms with E-state index in [2.05, 4.69) is 11.9 Å². The van der Waals surface area contributed by atoms with Crippen molar-refractivity contribution in [2.45, 2.75) is 37.8 Å². The maximum atomic E-state index is 9.75. The maximum absolute atomic E-state index is 9.75. The van der Waals surface area contributed by atoms with Gasteiger partial charge in [-0.05, 0) is 39.8 Å². The summed E-state index contributed by atoms with van der Waals surface area (Å²) < 4.78 is 0. The van der Waals surface area contributed by atoms with Crippen LogP contribution >= 0.6 is 0 Å². The van der Waals surface area contributed by atoms with Crippen LogP contribution in [0.25, 0.3) is 0 Å². The van der Waals surface area contributed by atoms with Crippen LogP contribution < -0.4 is 5.73 Å². The fraction of sp³-hybridized carbons (Fsp3) is 1.00. The number of hydrogen-bond donors (Lipinski definition) is 2.